The quantitative estimate of drug-likeness (QED) is 0.680. The Balaban J connectivity index is 2.25. The van der Waals surface area contributed by atoms with Gasteiger partial charge in [0.15, 0.2) is 0 Å². The van der Waals surface area contributed by atoms with E-state index in [4.69, 9.17) is 5.73 Å². The van der Waals surface area contributed by atoms with Crippen molar-refractivity contribution in [2.45, 2.75) is 25.8 Å². The molecule has 2 rings (SSSR count). The average Bonchev–Trinajstić information content (AvgIpc) is 2.53. The first-order chi connectivity index (χ1) is 5.64. The Morgan fingerprint density at radius 1 is 1.42 bits per heavy atom. The maximum Gasteiger partial charge on any atom is 0.0456 e. The fourth-order valence-electron chi connectivity index (χ4n) is 1.80. The second-order valence-electron chi connectivity index (χ2n) is 4.08. The van der Waals surface area contributed by atoms with Crippen LogP contribution in [0, 0.1) is 5.41 Å². The molecule has 0 aliphatic heterocycles. The first kappa shape index (κ1) is 7.74. The van der Waals surface area contributed by atoms with Gasteiger partial charge in [0, 0.05) is 23.9 Å². The van der Waals surface area contributed by atoms with E-state index in [0.717, 1.165) is 5.69 Å². The first-order valence-electron chi connectivity index (χ1n) is 4.30. The molecule has 0 radical (unpaired) electrons. The standard InChI is InChI=1S/C10H14N2/c1-10(2)8(9(10)11)7-5-3-4-6-12-7/h3-6,8-9H,11H2,1-2H3/t8-,9-/m0/s1. The number of aromatic nitrogens is 1. The van der Waals surface area contributed by atoms with Crippen molar-refractivity contribution >= 4 is 0 Å². The summed E-state index contributed by atoms with van der Waals surface area (Å²) in [6.45, 7) is 4.38. The van der Waals surface area contributed by atoms with E-state index >= 15 is 0 Å². The van der Waals surface area contributed by atoms with Crippen LogP contribution in [-0.2, 0) is 0 Å². The van der Waals surface area contributed by atoms with Crippen LogP contribution in [0.25, 0.3) is 0 Å². The van der Waals surface area contributed by atoms with Gasteiger partial charge in [-0.25, -0.2) is 0 Å². The van der Waals surface area contributed by atoms with Crippen LogP contribution < -0.4 is 5.73 Å². The molecule has 1 heterocycles. The van der Waals surface area contributed by atoms with Crippen molar-refractivity contribution in [2.75, 3.05) is 0 Å². The third kappa shape index (κ3) is 0.950. The van der Waals surface area contributed by atoms with Crippen LogP contribution in [0.5, 0.6) is 0 Å². The Morgan fingerprint density at radius 3 is 2.50 bits per heavy atom. The summed E-state index contributed by atoms with van der Waals surface area (Å²) in [5.74, 6) is 0.457. The second-order valence-corrected chi connectivity index (χ2v) is 4.08. The molecule has 64 valence electrons. The topological polar surface area (TPSA) is 38.9 Å². The van der Waals surface area contributed by atoms with Crippen molar-refractivity contribution in [1.29, 1.82) is 0 Å². The Labute approximate surface area is 72.8 Å². The number of hydrogen-bond donors (Lipinski definition) is 1. The Hall–Kier alpha value is -0.890. The largest absolute Gasteiger partial charge is 0.327 e. The molecular weight excluding hydrogens is 148 g/mol. The minimum Gasteiger partial charge on any atom is -0.327 e. The molecule has 0 unspecified atom stereocenters. The molecular formula is C10H14N2. The van der Waals surface area contributed by atoms with Crippen LogP contribution in [0.2, 0.25) is 0 Å². The van der Waals surface area contributed by atoms with Gasteiger partial charge in [0.2, 0.25) is 0 Å². The third-order valence-electron chi connectivity index (χ3n) is 2.92. The summed E-state index contributed by atoms with van der Waals surface area (Å²) in [6, 6.07) is 6.29. The molecule has 1 aromatic rings. The van der Waals surface area contributed by atoms with Crippen LogP contribution in [-0.4, -0.2) is 11.0 Å². The monoisotopic (exact) mass is 162 g/mol. The normalized spacial score (nSPS) is 31.6. The predicted molar refractivity (Wildman–Crippen MR) is 48.7 cm³/mol. The Kier molecular flexibility index (Phi) is 1.48. The average molecular weight is 162 g/mol. The van der Waals surface area contributed by atoms with Crippen LogP contribution in [0.1, 0.15) is 25.5 Å². The molecule has 0 bridgehead atoms. The molecule has 1 aliphatic carbocycles. The third-order valence-corrected chi connectivity index (χ3v) is 2.92. The lowest BCUT2D eigenvalue weighted by molar-refractivity contribution is 0.595. The highest BCUT2D eigenvalue weighted by Crippen LogP contribution is 2.56. The Bertz CT molecular complexity index is 279. The summed E-state index contributed by atoms with van der Waals surface area (Å²) in [6.07, 6.45) is 1.83. The van der Waals surface area contributed by atoms with Crippen LogP contribution in [0.15, 0.2) is 24.4 Å². The molecule has 12 heavy (non-hydrogen) atoms. The molecule has 2 N–H and O–H groups in total. The molecule has 1 aromatic heterocycles. The number of pyridine rings is 1. The summed E-state index contributed by atoms with van der Waals surface area (Å²) < 4.78 is 0. The summed E-state index contributed by atoms with van der Waals surface area (Å²) in [5, 5.41) is 0. The minimum absolute atomic E-state index is 0.244. The summed E-state index contributed by atoms with van der Waals surface area (Å²) in [5.41, 5.74) is 7.31. The van der Waals surface area contributed by atoms with Gasteiger partial charge in [-0.2, -0.15) is 0 Å². The van der Waals surface area contributed by atoms with Gasteiger partial charge in [-0.05, 0) is 17.5 Å². The first-order valence-corrected chi connectivity index (χ1v) is 4.30. The van der Waals surface area contributed by atoms with Gasteiger partial charge in [0.05, 0.1) is 0 Å². The molecule has 0 spiro atoms. The summed E-state index contributed by atoms with van der Waals surface area (Å²) in [7, 11) is 0. The van der Waals surface area contributed by atoms with E-state index in [1.54, 1.807) is 0 Å². The van der Waals surface area contributed by atoms with Gasteiger partial charge >= 0.3 is 0 Å². The van der Waals surface area contributed by atoms with Gasteiger partial charge in [0.25, 0.3) is 0 Å². The lowest BCUT2D eigenvalue weighted by Gasteiger charge is -1.99. The maximum atomic E-state index is 5.94. The van der Waals surface area contributed by atoms with Crippen LogP contribution in [0.3, 0.4) is 0 Å². The van der Waals surface area contributed by atoms with E-state index in [0.29, 0.717) is 5.92 Å². The number of nitrogens with two attached hydrogens (primary N) is 1. The zero-order chi connectivity index (χ0) is 8.77. The second kappa shape index (κ2) is 2.30. The van der Waals surface area contributed by atoms with E-state index in [1.165, 1.54) is 0 Å². The molecule has 2 heteroatoms. The van der Waals surface area contributed by atoms with E-state index in [-0.39, 0.29) is 11.5 Å². The zero-order valence-corrected chi connectivity index (χ0v) is 7.49. The van der Waals surface area contributed by atoms with Crippen molar-refractivity contribution in [3.05, 3.63) is 30.1 Å². The summed E-state index contributed by atoms with van der Waals surface area (Å²) >= 11 is 0. The SMILES string of the molecule is CC1(C)[C@@H](N)[C@@H]1c1ccccn1. The highest BCUT2D eigenvalue weighted by molar-refractivity contribution is 5.28. The summed E-state index contributed by atoms with van der Waals surface area (Å²) in [4.78, 5) is 4.31. The molecule has 1 aliphatic rings. The van der Waals surface area contributed by atoms with Gasteiger partial charge in [-0.1, -0.05) is 19.9 Å². The number of rotatable bonds is 1. The van der Waals surface area contributed by atoms with Crippen molar-refractivity contribution in [3.8, 4) is 0 Å². The van der Waals surface area contributed by atoms with Crippen molar-refractivity contribution in [1.82, 2.24) is 4.98 Å². The lowest BCUT2D eigenvalue weighted by Crippen LogP contribution is -2.06. The fourth-order valence-corrected chi connectivity index (χ4v) is 1.80. The van der Waals surface area contributed by atoms with Crippen LogP contribution in [0.4, 0.5) is 0 Å². The molecule has 0 saturated heterocycles. The van der Waals surface area contributed by atoms with Gasteiger partial charge in [0.1, 0.15) is 0 Å². The molecule has 2 atom stereocenters. The smallest absolute Gasteiger partial charge is 0.0456 e. The highest BCUT2D eigenvalue weighted by Gasteiger charge is 2.56. The van der Waals surface area contributed by atoms with E-state index < -0.39 is 0 Å². The van der Waals surface area contributed by atoms with Crippen LogP contribution >= 0.6 is 0 Å². The van der Waals surface area contributed by atoms with E-state index in [1.807, 2.05) is 18.3 Å². The highest BCUT2D eigenvalue weighted by atomic mass is 14.9. The molecule has 1 fully saturated rings. The van der Waals surface area contributed by atoms with Crippen molar-refractivity contribution in [3.63, 3.8) is 0 Å². The molecule has 0 aromatic carbocycles. The van der Waals surface area contributed by atoms with Gasteiger partial charge in [-0.3, -0.25) is 4.98 Å². The molecule has 1 saturated carbocycles. The van der Waals surface area contributed by atoms with Crippen molar-refractivity contribution in [2.24, 2.45) is 11.1 Å². The fraction of sp³-hybridized carbons (Fsp3) is 0.500. The lowest BCUT2D eigenvalue weighted by atomic mass is 10.1. The van der Waals surface area contributed by atoms with Gasteiger partial charge in [-0.15, -0.1) is 0 Å². The van der Waals surface area contributed by atoms with Crippen molar-refractivity contribution < 1.29 is 0 Å². The van der Waals surface area contributed by atoms with E-state index in [2.05, 4.69) is 24.9 Å². The van der Waals surface area contributed by atoms with Gasteiger partial charge < -0.3 is 5.73 Å². The molecule has 0 amide bonds. The predicted octanol–water partition coefficient (Wildman–Crippen LogP) is 1.53. The maximum absolute atomic E-state index is 5.94. The molecule has 2 nitrogen and oxygen atoms in total. The number of nitrogens with zero attached hydrogens (tertiary/aromatic N) is 1. The zero-order valence-electron chi connectivity index (χ0n) is 7.49. The van der Waals surface area contributed by atoms with E-state index in [9.17, 15) is 0 Å². The number of hydrogen-bond acceptors (Lipinski definition) is 2. The Morgan fingerprint density at radius 2 is 2.08 bits per heavy atom. The minimum atomic E-state index is 0.244.